The maximum atomic E-state index is 14.0. The van der Waals surface area contributed by atoms with E-state index in [9.17, 15) is 22.7 Å². The van der Waals surface area contributed by atoms with Crippen LogP contribution in [0, 0.1) is 5.82 Å². The van der Waals surface area contributed by atoms with Crippen LogP contribution in [0.2, 0.25) is 0 Å². The normalized spacial score (nSPS) is 15.8. The van der Waals surface area contributed by atoms with Gasteiger partial charge in [-0.3, -0.25) is 4.79 Å². The zero-order valence-corrected chi connectivity index (χ0v) is 12.5. The number of aliphatic hydroxyl groups excluding tert-OH is 1. The number of halogens is 1. The molecule has 1 aliphatic rings. The molecule has 0 spiro atoms. The van der Waals surface area contributed by atoms with Gasteiger partial charge in [0, 0.05) is 20.0 Å². The maximum absolute atomic E-state index is 14.0. The van der Waals surface area contributed by atoms with E-state index >= 15 is 0 Å². The van der Waals surface area contributed by atoms with Crippen LogP contribution in [0.4, 0.5) is 4.39 Å². The first kappa shape index (κ1) is 15.8. The quantitative estimate of drug-likeness (QED) is 0.819. The van der Waals surface area contributed by atoms with E-state index < -0.39 is 21.9 Å². The zero-order valence-electron chi connectivity index (χ0n) is 11.7. The van der Waals surface area contributed by atoms with E-state index in [0.29, 0.717) is 23.0 Å². The van der Waals surface area contributed by atoms with Gasteiger partial charge in [-0.25, -0.2) is 17.1 Å². The zero-order chi connectivity index (χ0) is 15.8. The summed E-state index contributed by atoms with van der Waals surface area (Å²) in [6, 6.07) is 2.76. The summed E-state index contributed by atoms with van der Waals surface area (Å²) < 4.78 is 37.6. The second-order valence-corrected chi connectivity index (χ2v) is 7.23. The molecule has 0 fully saturated rings. The van der Waals surface area contributed by atoms with Gasteiger partial charge in [-0.05, 0) is 40.5 Å². The molecular weight excluding hydrogens is 297 g/mol. The first-order chi connectivity index (χ1) is 9.72. The van der Waals surface area contributed by atoms with Gasteiger partial charge in [-0.2, -0.15) is 0 Å². The van der Waals surface area contributed by atoms with E-state index in [-0.39, 0.29) is 18.5 Å². The smallest absolute Gasteiger partial charge is 0.211 e. The number of sulfonamides is 1. The fraction of sp³-hybridized carbons (Fsp3) is 0.357. The fourth-order valence-electron chi connectivity index (χ4n) is 2.20. The molecule has 114 valence electrons. The molecule has 1 atom stereocenters. The highest BCUT2D eigenvalue weighted by atomic mass is 32.2. The molecule has 2 rings (SSSR count). The summed E-state index contributed by atoms with van der Waals surface area (Å²) >= 11 is 0. The predicted octanol–water partition coefficient (Wildman–Crippen LogP) is 0.889. The molecule has 0 aliphatic heterocycles. The minimum atomic E-state index is -3.42. The SMILES string of the molecule is CN(CC(O)c1cc(F)c2c(c1)C=C(C=O)C2)S(C)(=O)=O. The molecule has 1 aromatic carbocycles. The fourth-order valence-corrected chi connectivity index (χ4v) is 2.61. The van der Waals surface area contributed by atoms with Crippen molar-refractivity contribution in [3.05, 3.63) is 40.2 Å². The number of carbonyl (C=O) groups excluding carboxylic acids is 1. The Hall–Kier alpha value is -1.57. The molecule has 1 aromatic rings. The lowest BCUT2D eigenvalue weighted by Gasteiger charge is -2.19. The summed E-state index contributed by atoms with van der Waals surface area (Å²) in [5, 5.41) is 10.1. The Morgan fingerprint density at radius 2 is 2.14 bits per heavy atom. The van der Waals surface area contributed by atoms with Crippen molar-refractivity contribution in [1.82, 2.24) is 4.31 Å². The van der Waals surface area contributed by atoms with Crippen LogP contribution in [0.15, 0.2) is 17.7 Å². The first-order valence-electron chi connectivity index (χ1n) is 6.30. The molecule has 7 heteroatoms. The molecular formula is C14H16FNO4S. The highest BCUT2D eigenvalue weighted by molar-refractivity contribution is 7.88. The van der Waals surface area contributed by atoms with Crippen molar-refractivity contribution >= 4 is 22.4 Å². The van der Waals surface area contributed by atoms with Crippen molar-refractivity contribution in [2.45, 2.75) is 12.5 Å². The van der Waals surface area contributed by atoms with E-state index in [1.54, 1.807) is 12.1 Å². The third-order valence-electron chi connectivity index (χ3n) is 3.51. The number of aldehydes is 1. The highest BCUT2D eigenvalue weighted by Gasteiger charge is 2.22. The number of hydrogen-bond acceptors (Lipinski definition) is 4. The second kappa shape index (κ2) is 5.67. The molecule has 1 aliphatic carbocycles. The highest BCUT2D eigenvalue weighted by Crippen LogP contribution is 2.30. The Kier molecular flexibility index (Phi) is 4.27. The van der Waals surface area contributed by atoms with Crippen LogP contribution in [0.1, 0.15) is 22.8 Å². The number of rotatable bonds is 5. The number of carbonyl (C=O) groups is 1. The first-order valence-corrected chi connectivity index (χ1v) is 8.14. The molecule has 0 amide bonds. The third kappa shape index (κ3) is 3.37. The summed E-state index contributed by atoms with van der Waals surface area (Å²) in [5.74, 6) is -0.503. The van der Waals surface area contributed by atoms with Crippen LogP contribution < -0.4 is 0 Å². The largest absolute Gasteiger partial charge is 0.387 e. The van der Waals surface area contributed by atoms with Crippen LogP contribution in [-0.4, -0.2) is 44.0 Å². The van der Waals surface area contributed by atoms with Crippen LogP contribution >= 0.6 is 0 Å². The standard InChI is InChI=1S/C14H16FNO4S/c1-16(21(2,19)20)7-14(18)11-5-10-3-9(8-17)4-12(10)13(15)6-11/h3,5-6,8,14,18H,4,7H2,1-2H3. The van der Waals surface area contributed by atoms with Gasteiger partial charge in [0.15, 0.2) is 0 Å². The Morgan fingerprint density at radius 3 is 2.71 bits per heavy atom. The van der Waals surface area contributed by atoms with Crippen LogP contribution in [-0.2, 0) is 21.2 Å². The third-order valence-corrected chi connectivity index (χ3v) is 4.79. The summed E-state index contributed by atoms with van der Waals surface area (Å²) in [6.45, 7) is -0.165. The van der Waals surface area contributed by atoms with Crippen molar-refractivity contribution in [1.29, 1.82) is 0 Å². The average molecular weight is 313 g/mol. The van der Waals surface area contributed by atoms with Gasteiger partial charge in [0.1, 0.15) is 12.1 Å². The van der Waals surface area contributed by atoms with Crippen molar-refractivity contribution < 1.29 is 22.7 Å². The van der Waals surface area contributed by atoms with Crippen molar-refractivity contribution in [2.24, 2.45) is 0 Å². The summed E-state index contributed by atoms with van der Waals surface area (Å²) in [7, 11) is -2.08. The number of nitrogens with zero attached hydrogens (tertiary/aromatic N) is 1. The molecule has 5 nitrogen and oxygen atoms in total. The number of allylic oxidation sites excluding steroid dienone is 1. The molecule has 1 unspecified atom stereocenters. The van der Waals surface area contributed by atoms with Crippen molar-refractivity contribution in [3.8, 4) is 0 Å². The van der Waals surface area contributed by atoms with Crippen LogP contribution in [0.3, 0.4) is 0 Å². The van der Waals surface area contributed by atoms with Gasteiger partial charge in [-0.15, -0.1) is 0 Å². The minimum absolute atomic E-state index is 0.165. The number of benzene rings is 1. The van der Waals surface area contributed by atoms with Gasteiger partial charge in [0.05, 0.1) is 12.4 Å². The second-order valence-electron chi connectivity index (χ2n) is 5.14. The molecule has 1 N–H and O–H groups in total. The van der Waals surface area contributed by atoms with Crippen LogP contribution in [0.5, 0.6) is 0 Å². The lowest BCUT2D eigenvalue weighted by Crippen LogP contribution is -2.30. The molecule has 0 radical (unpaired) electrons. The molecule has 0 saturated carbocycles. The van der Waals surface area contributed by atoms with E-state index in [0.717, 1.165) is 10.6 Å². The number of hydrogen-bond donors (Lipinski definition) is 1. The minimum Gasteiger partial charge on any atom is -0.387 e. The number of likely N-dealkylation sites (N-methyl/N-ethyl adjacent to an activating group) is 1. The van der Waals surface area contributed by atoms with E-state index in [1.807, 2.05) is 0 Å². The van der Waals surface area contributed by atoms with E-state index in [2.05, 4.69) is 0 Å². The molecule has 21 heavy (non-hydrogen) atoms. The molecule has 0 heterocycles. The van der Waals surface area contributed by atoms with Crippen LogP contribution in [0.25, 0.3) is 6.08 Å². The van der Waals surface area contributed by atoms with Gasteiger partial charge >= 0.3 is 0 Å². The Morgan fingerprint density at radius 1 is 1.48 bits per heavy atom. The molecule has 0 saturated heterocycles. The van der Waals surface area contributed by atoms with E-state index in [1.165, 1.54) is 13.1 Å². The summed E-state index contributed by atoms with van der Waals surface area (Å²) in [4.78, 5) is 10.7. The van der Waals surface area contributed by atoms with Gasteiger partial charge < -0.3 is 5.11 Å². The van der Waals surface area contributed by atoms with Gasteiger partial charge in [-0.1, -0.05) is 0 Å². The Labute approximate surface area is 122 Å². The van der Waals surface area contributed by atoms with Crippen molar-refractivity contribution in [3.63, 3.8) is 0 Å². The lowest BCUT2D eigenvalue weighted by molar-refractivity contribution is -0.104. The predicted molar refractivity (Wildman–Crippen MR) is 76.6 cm³/mol. The Bertz CT molecular complexity index is 712. The number of fused-ring (bicyclic) bond motifs is 1. The maximum Gasteiger partial charge on any atom is 0.211 e. The van der Waals surface area contributed by atoms with Gasteiger partial charge in [0.25, 0.3) is 0 Å². The monoisotopic (exact) mass is 313 g/mol. The lowest BCUT2D eigenvalue weighted by atomic mass is 10.0. The molecule has 0 bridgehead atoms. The summed E-state index contributed by atoms with van der Waals surface area (Å²) in [5.41, 5.74) is 1.73. The summed E-state index contributed by atoms with van der Waals surface area (Å²) in [6.07, 6.45) is 2.37. The Balaban J connectivity index is 2.28. The number of aliphatic hydroxyl groups is 1. The average Bonchev–Trinajstić information content (AvgIpc) is 2.81. The van der Waals surface area contributed by atoms with E-state index in [4.69, 9.17) is 0 Å². The molecule has 0 aromatic heterocycles. The topological polar surface area (TPSA) is 74.7 Å². The van der Waals surface area contributed by atoms with Gasteiger partial charge in [0.2, 0.25) is 10.0 Å². The van der Waals surface area contributed by atoms with Crippen molar-refractivity contribution in [2.75, 3.05) is 19.8 Å².